The summed E-state index contributed by atoms with van der Waals surface area (Å²) in [6.45, 7) is 5.09. The first-order valence-corrected chi connectivity index (χ1v) is 5.71. The molecule has 80 valence electrons. The number of carbonyl (C=O) groups excluding carboxylic acids is 1. The van der Waals surface area contributed by atoms with E-state index in [-0.39, 0.29) is 11.9 Å². The van der Waals surface area contributed by atoms with Crippen LogP contribution in [0, 0.1) is 11.8 Å². The van der Waals surface area contributed by atoms with Crippen molar-refractivity contribution in [2.75, 3.05) is 6.54 Å². The highest BCUT2D eigenvalue weighted by atomic mass is 16.2. The zero-order valence-electron chi connectivity index (χ0n) is 9.07. The first-order valence-electron chi connectivity index (χ1n) is 5.71. The summed E-state index contributed by atoms with van der Waals surface area (Å²) in [6.07, 6.45) is 3.40. The molecule has 0 bridgehead atoms. The van der Waals surface area contributed by atoms with Crippen molar-refractivity contribution in [1.82, 2.24) is 4.90 Å². The summed E-state index contributed by atoms with van der Waals surface area (Å²) in [7, 11) is 0. The van der Waals surface area contributed by atoms with Gasteiger partial charge in [0.05, 0.1) is 6.04 Å². The molecule has 1 aliphatic carbocycles. The lowest BCUT2D eigenvalue weighted by molar-refractivity contribution is -0.133. The summed E-state index contributed by atoms with van der Waals surface area (Å²) in [5, 5.41) is 0. The molecule has 0 radical (unpaired) electrons. The van der Waals surface area contributed by atoms with E-state index in [1.165, 1.54) is 12.8 Å². The van der Waals surface area contributed by atoms with E-state index in [0.717, 1.165) is 18.9 Å². The van der Waals surface area contributed by atoms with Crippen molar-refractivity contribution in [1.29, 1.82) is 0 Å². The van der Waals surface area contributed by atoms with E-state index in [1.807, 2.05) is 4.90 Å². The molecule has 2 N–H and O–H groups in total. The van der Waals surface area contributed by atoms with Crippen molar-refractivity contribution < 1.29 is 4.79 Å². The van der Waals surface area contributed by atoms with Gasteiger partial charge in [-0.3, -0.25) is 4.79 Å². The first-order chi connectivity index (χ1) is 6.65. The molecular formula is C11H20N2O. The van der Waals surface area contributed by atoms with Gasteiger partial charge in [-0.05, 0) is 24.7 Å². The van der Waals surface area contributed by atoms with Gasteiger partial charge in [0.1, 0.15) is 0 Å². The van der Waals surface area contributed by atoms with E-state index in [9.17, 15) is 4.79 Å². The highest BCUT2D eigenvalue weighted by Crippen LogP contribution is 2.44. The smallest absolute Gasteiger partial charge is 0.240 e. The fourth-order valence-corrected chi connectivity index (χ4v) is 2.36. The first kappa shape index (κ1) is 9.97. The number of rotatable bonds is 3. The fourth-order valence-electron chi connectivity index (χ4n) is 2.36. The second-order valence-corrected chi connectivity index (χ2v) is 4.79. The maximum atomic E-state index is 12.0. The van der Waals surface area contributed by atoms with Gasteiger partial charge < -0.3 is 10.6 Å². The highest BCUT2D eigenvalue weighted by molar-refractivity contribution is 5.83. The van der Waals surface area contributed by atoms with Crippen LogP contribution in [0.3, 0.4) is 0 Å². The van der Waals surface area contributed by atoms with Crippen LogP contribution < -0.4 is 5.73 Å². The third kappa shape index (κ3) is 1.54. The van der Waals surface area contributed by atoms with Gasteiger partial charge in [0, 0.05) is 12.6 Å². The number of hydrogen-bond acceptors (Lipinski definition) is 2. The highest BCUT2D eigenvalue weighted by Gasteiger charge is 2.49. The van der Waals surface area contributed by atoms with Gasteiger partial charge in [-0.25, -0.2) is 0 Å². The molecule has 2 rings (SSSR count). The normalized spacial score (nSPS) is 33.8. The molecule has 3 nitrogen and oxygen atoms in total. The summed E-state index contributed by atoms with van der Waals surface area (Å²) < 4.78 is 0. The minimum atomic E-state index is -0.278. The van der Waals surface area contributed by atoms with Crippen LogP contribution in [0.1, 0.15) is 33.1 Å². The van der Waals surface area contributed by atoms with E-state index >= 15 is 0 Å². The Morgan fingerprint density at radius 3 is 2.79 bits per heavy atom. The molecule has 2 aliphatic rings. The second kappa shape index (κ2) is 3.54. The van der Waals surface area contributed by atoms with Crippen molar-refractivity contribution in [2.45, 2.75) is 45.2 Å². The lowest BCUT2D eigenvalue weighted by Crippen LogP contribution is -2.47. The summed E-state index contributed by atoms with van der Waals surface area (Å²) in [5.74, 6) is 1.30. The van der Waals surface area contributed by atoms with Gasteiger partial charge in [0.2, 0.25) is 5.91 Å². The molecule has 1 heterocycles. The average molecular weight is 196 g/mol. The zero-order chi connectivity index (χ0) is 10.3. The van der Waals surface area contributed by atoms with Crippen molar-refractivity contribution in [3.05, 3.63) is 0 Å². The molecule has 4 atom stereocenters. The van der Waals surface area contributed by atoms with E-state index < -0.39 is 0 Å². The molecular weight excluding hydrogens is 176 g/mol. The second-order valence-electron chi connectivity index (χ2n) is 4.79. The molecule has 1 aliphatic heterocycles. The topological polar surface area (TPSA) is 46.3 Å². The van der Waals surface area contributed by atoms with Crippen molar-refractivity contribution in [2.24, 2.45) is 17.6 Å². The molecule has 2 fully saturated rings. The molecule has 0 aromatic rings. The average Bonchev–Trinajstić information content (AvgIpc) is 2.87. The van der Waals surface area contributed by atoms with Crippen molar-refractivity contribution in [3.63, 3.8) is 0 Å². The summed E-state index contributed by atoms with van der Waals surface area (Å²) >= 11 is 0. The Bertz CT molecular complexity index is 241. The Labute approximate surface area is 85.6 Å². The third-order valence-electron chi connectivity index (χ3n) is 3.85. The number of likely N-dealkylation sites (tertiary alicyclic amines) is 1. The number of nitrogens with two attached hydrogens (primary N) is 1. The lowest BCUT2D eigenvalue weighted by atomic mass is 9.99. The Morgan fingerprint density at radius 1 is 1.64 bits per heavy atom. The van der Waals surface area contributed by atoms with Crippen molar-refractivity contribution in [3.8, 4) is 0 Å². The number of fused-ring (bicyclic) bond motifs is 1. The van der Waals surface area contributed by atoms with Crippen molar-refractivity contribution >= 4 is 5.91 Å². The summed E-state index contributed by atoms with van der Waals surface area (Å²) in [4.78, 5) is 14.0. The van der Waals surface area contributed by atoms with Gasteiger partial charge in [-0.15, -0.1) is 0 Å². The van der Waals surface area contributed by atoms with Crippen LogP contribution in [0.5, 0.6) is 0 Å². The summed E-state index contributed by atoms with van der Waals surface area (Å²) in [5.41, 5.74) is 5.94. The molecule has 1 amide bonds. The number of hydrogen-bond donors (Lipinski definition) is 1. The van der Waals surface area contributed by atoms with Crippen LogP contribution in [0.15, 0.2) is 0 Å². The SMILES string of the molecule is CC[C@@H](C)[C@H](N)C(=O)N1CC[C@@H]2C[C@@H]21. The van der Waals surface area contributed by atoms with Gasteiger partial charge in [0.25, 0.3) is 0 Å². The van der Waals surface area contributed by atoms with Crippen LogP contribution in [-0.4, -0.2) is 29.4 Å². The van der Waals surface area contributed by atoms with E-state index in [0.29, 0.717) is 12.0 Å². The van der Waals surface area contributed by atoms with Gasteiger partial charge in [-0.1, -0.05) is 20.3 Å². The number of amides is 1. The molecule has 0 aromatic carbocycles. The zero-order valence-corrected chi connectivity index (χ0v) is 9.07. The molecule has 0 spiro atoms. The molecule has 14 heavy (non-hydrogen) atoms. The Kier molecular flexibility index (Phi) is 2.52. The molecule has 0 aromatic heterocycles. The summed E-state index contributed by atoms with van der Waals surface area (Å²) in [6, 6.07) is 0.275. The van der Waals surface area contributed by atoms with Crippen LogP contribution in [0.25, 0.3) is 0 Å². The number of nitrogens with zero attached hydrogens (tertiary/aromatic N) is 1. The molecule has 1 saturated carbocycles. The monoisotopic (exact) mass is 196 g/mol. The fraction of sp³-hybridized carbons (Fsp3) is 0.909. The standard InChI is InChI=1S/C11H20N2O/c1-3-7(2)10(12)11(14)13-5-4-8-6-9(8)13/h7-10H,3-6,12H2,1-2H3/t7-,8-,9+,10+/m1/s1. The predicted octanol–water partition coefficient (Wildman–Crippen LogP) is 0.981. The minimum absolute atomic E-state index is 0.185. The number of carbonyl (C=O) groups is 1. The predicted molar refractivity (Wildman–Crippen MR) is 55.7 cm³/mol. The number of piperidine rings is 1. The largest absolute Gasteiger partial charge is 0.338 e. The Hall–Kier alpha value is -0.570. The van der Waals surface area contributed by atoms with E-state index in [1.54, 1.807) is 0 Å². The molecule has 1 saturated heterocycles. The minimum Gasteiger partial charge on any atom is -0.338 e. The van der Waals surface area contributed by atoms with Gasteiger partial charge >= 0.3 is 0 Å². The lowest BCUT2D eigenvalue weighted by Gasteiger charge is -2.25. The van der Waals surface area contributed by atoms with E-state index in [4.69, 9.17) is 5.73 Å². The van der Waals surface area contributed by atoms with Gasteiger partial charge in [0.15, 0.2) is 0 Å². The maximum Gasteiger partial charge on any atom is 0.240 e. The van der Waals surface area contributed by atoms with Crippen LogP contribution in [0.4, 0.5) is 0 Å². The molecule has 0 unspecified atom stereocenters. The maximum absolute atomic E-state index is 12.0. The Balaban J connectivity index is 1.93. The van der Waals surface area contributed by atoms with Crippen LogP contribution in [-0.2, 0) is 4.79 Å². The van der Waals surface area contributed by atoms with Crippen LogP contribution in [0.2, 0.25) is 0 Å². The quantitative estimate of drug-likeness (QED) is 0.731. The van der Waals surface area contributed by atoms with Crippen LogP contribution >= 0.6 is 0 Å². The van der Waals surface area contributed by atoms with E-state index in [2.05, 4.69) is 13.8 Å². The third-order valence-corrected chi connectivity index (χ3v) is 3.85. The molecule has 3 heteroatoms. The van der Waals surface area contributed by atoms with Gasteiger partial charge in [-0.2, -0.15) is 0 Å². The Morgan fingerprint density at radius 2 is 2.36 bits per heavy atom.